The lowest BCUT2D eigenvalue weighted by atomic mass is 9.95. The van der Waals surface area contributed by atoms with Gasteiger partial charge in [-0.3, -0.25) is 0 Å². The van der Waals surface area contributed by atoms with Gasteiger partial charge in [-0.15, -0.1) is 11.8 Å². The number of ether oxygens (including phenoxy) is 1. The molecule has 4 heteroatoms. The maximum Gasteiger partial charge on any atom is 0.123 e. The molecule has 100 valence electrons. The molecule has 0 radical (unpaired) electrons. The van der Waals surface area contributed by atoms with Crippen molar-refractivity contribution in [2.45, 2.75) is 23.8 Å². The minimum atomic E-state index is -0.176. The molecule has 0 bridgehead atoms. The third-order valence-electron chi connectivity index (χ3n) is 3.38. The van der Waals surface area contributed by atoms with Crippen LogP contribution in [-0.2, 0) is 4.74 Å². The van der Waals surface area contributed by atoms with E-state index in [0.717, 1.165) is 30.3 Å². The van der Waals surface area contributed by atoms with Crippen molar-refractivity contribution in [2.75, 3.05) is 26.0 Å². The number of hydrogen-bond acceptors (Lipinski definition) is 3. The van der Waals surface area contributed by atoms with E-state index in [1.54, 1.807) is 11.8 Å². The molecule has 1 aliphatic rings. The molecular formula is C14H20FNOS. The SMILES string of the molecule is CNC(CSc1ccc(F)cc1)C1CCCOC1. The van der Waals surface area contributed by atoms with Crippen LogP contribution in [0.4, 0.5) is 4.39 Å². The van der Waals surface area contributed by atoms with Gasteiger partial charge in [0, 0.05) is 23.3 Å². The standard InChI is InChI=1S/C14H20FNOS/c1-16-14(11-3-2-8-17-9-11)10-18-13-6-4-12(15)5-7-13/h4-7,11,14,16H,2-3,8-10H2,1H3. The molecule has 1 aliphatic heterocycles. The first-order valence-corrected chi connectivity index (χ1v) is 7.41. The van der Waals surface area contributed by atoms with Gasteiger partial charge in [0.1, 0.15) is 5.82 Å². The molecule has 1 fully saturated rings. The second-order valence-electron chi connectivity index (χ2n) is 4.64. The van der Waals surface area contributed by atoms with E-state index in [-0.39, 0.29) is 5.82 Å². The quantitative estimate of drug-likeness (QED) is 0.830. The third kappa shape index (κ3) is 3.97. The van der Waals surface area contributed by atoms with Crippen LogP contribution in [-0.4, -0.2) is 32.1 Å². The average molecular weight is 269 g/mol. The minimum absolute atomic E-state index is 0.176. The van der Waals surface area contributed by atoms with Gasteiger partial charge in [-0.25, -0.2) is 4.39 Å². The van der Waals surface area contributed by atoms with Crippen LogP contribution in [0.5, 0.6) is 0 Å². The summed E-state index contributed by atoms with van der Waals surface area (Å²) in [5.74, 6) is 1.41. The number of hydrogen-bond donors (Lipinski definition) is 1. The summed E-state index contributed by atoms with van der Waals surface area (Å²) in [6.45, 7) is 1.76. The van der Waals surface area contributed by atoms with E-state index in [1.807, 2.05) is 19.2 Å². The van der Waals surface area contributed by atoms with Crippen molar-refractivity contribution < 1.29 is 9.13 Å². The van der Waals surface area contributed by atoms with Gasteiger partial charge in [0.2, 0.25) is 0 Å². The molecule has 2 nitrogen and oxygen atoms in total. The van der Waals surface area contributed by atoms with Gasteiger partial charge in [0.25, 0.3) is 0 Å². The summed E-state index contributed by atoms with van der Waals surface area (Å²) in [5.41, 5.74) is 0. The van der Waals surface area contributed by atoms with Gasteiger partial charge in [-0.05, 0) is 50.1 Å². The van der Waals surface area contributed by atoms with Gasteiger partial charge >= 0.3 is 0 Å². The van der Waals surface area contributed by atoms with Crippen molar-refractivity contribution in [3.05, 3.63) is 30.1 Å². The van der Waals surface area contributed by atoms with Crippen LogP contribution in [0.25, 0.3) is 0 Å². The maximum absolute atomic E-state index is 12.8. The average Bonchev–Trinajstić information content (AvgIpc) is 2.43. The van der Waals surface area contributed by atoms with Crippen molar-refractivity contribution in [1.29, 1.82) is 0 Å². The highest BCUT2D eigenvalue weighted by Gasteiger charge is 2.22. The molecule has 0 spiro atoms. The predicted molar refractivity (Wildman–Crippen MR) is 73.5 cm³/mol. The van der Waals surface area contributed by atoms with Crippen LogP contribution in [0.15, 0.2) is 29.2 Å². The molecule has 1 N–H and O–H groups in total. The first-order chi connectivity index (χ1) is 8.79. The van der Waals surface area contributed by atoms with Crippen LogP contribution in [0.1, 0.15) is 12.8 Å². The van der Waals surface area contributed by atoms with Crippen LogP contribution in [0.3, 0.4) is 0 Å². The topological polar surface area (TPSA) is 21.3 Å². The summed E-state index contributed by atoms with van der Waals surface area (Å²) in [4.78, 5) is 1.12. The highest BCUT2D eigenvalue weighted by molar-refractivity contribution is 7.99. The smallest absolute Gasteiger partial charge is 0.123 e. The Morgan fingerprint density at radius 2 is 2.22 bits per heavy atom. The third-order valence-corrected chi connectivity index (χ3v) is 4.51. The van der Waals surface area contributed by atoms with Crippen molar-refractivity contribution in [3.63, 3.8) is 0 Å². The fraction of sp³-hybridized carbons (Fsp3) is 0.571. The minimum Gasteiger partial charge on any atom is -0.381 e. The summed E-state index contributed by atoms with van der Waals surface area (Å²) in [6.07, 6.45) is 2.39. The van der Waals surface area contributed by atoms with Crippen molar-refractivity contribution in [3.8, 4) is 0 Å². The summed E-state index contributed by atoms with van der Waals surface area (Å²) >= 11 is 1.77. The molecule has 0 amide bonds. The zero-order valence-corrected chi connectivity index (χ0v) is 11.5. The normalized spacial score (nSPS) is 21.8. The molecule has 2 rings (SSSR count). The Morgan fingerprint density at radius 1 is 1.44 bits per heavy atom. The van der Waals surface area contributed by atoms with Crippen molar-refractivity contribution in [1.82, 2.24) is 5.32 Å². The number of benzene rings is 1. The zero-order valence-electron chi connectivity index (χ0n) is 10.7. The van der Waals surface area contributed by atoms with E-state index in [9.17, 15) is 4.39 Å². The van der Waals surface area contributed by atoms with Gasteiger partial charge in [-0.2, -0.15) is 0 Å². The monoisotopic (exact) mass is 269 g/mol. The Bertz CT molecular complexity index is 351. The summed E-state index contributed by atoms with van der Waals surface area (Å²) in [7, 11) is 2.00. The van der Waals surface area contributed by atoms with Crippen molar-refractivity contribution >= 4 is 11.8 Å². The lowest BCUT2D eigenvalue weighted by molar-refractivity contribution is 0.0437. The van der Waals surface area contributed by atoms with Gasteiger partial charge < -0.3 is 10.1 Å². The summed E-state index contributed by atoms with van der Waals surface area (Å²) in [6, 6.07) is 7.16. The number of rotatable bonds is 5. The van der Waals surface area contributed by atoms with E-state index in [2.05, 4.69) is 5.32 Å². The first kappa shape index (κ1) is 13.8. The Balaban J connectivity index is 1.84. The molecule has 1 saturated heterocycles. The fourth-order valence-corrected chi connectivity index (χ4v) is 3.39. The van der Waals surface area contributed by atoms with Gasteiger partial charge in [0.15, 0.2) is 0 Å². The molecule has 18 heavy (non-hydrogen) atoms. The lowest BCUT2D eigenvalue weighted by Crippen LogP contribution is -2.40. The fourth-order valence-electron chi connectivity index (χ4n) is 2.25. The summed E-state index contributed by atoms with van der Waals surface area (Å²) in [5, 5.41) is 3.38. The predicted octanol–water partition coefficient (Wildman–Crippen LogP) is 2.93. The number of nitrogens with one attached hydrogen (secondary N) is 1. The number of halogens is 1. The van der Waals surface area contributed by atoms with Crippen LogP contribution >= 0.6 is 11.8 Å². The molecule has 0 aromatic heterocycles. The number of thioether (sulfide) groups is 1. The molecule has 2 atom stereocenters. The molecular weight excluding hydrogens is 249 g/mol. The van der Waals surface area contributed by atoms with E-state index < -0.39 is 0 Å². The molecule has 1 aromatic rings. The highest BCUT2D eigenvalue weighted by Crippen LogP contribution is 2.24. The van der Waals surface area contributed by atoms with Gasteiger partial charge in [-0.1, -0.05) is 0 Å². The van der Waals surface area contributed by atoms with Gasteiger partial charge in [0.05, 0.1) is 6.61 Å². The van der Waals surface area contributed by atoms with E-state index in [0.29, 0.717) is 12.0 Å². The highest BCUT2D eigenvalue weighted by atomic mass is 32.2. The molecule has 1 aromatic carbocycles. The van der Waals surface area contributed by atoms with Crippen LogP contribution in [0, 0.1) is 11.7 Å². The largest absolute Gasteiger partial charge is 0.381 e. The van der Waals surface area contributed by atoms with Crippen molar-refractivity contribution in [2.24, 2.45) is 5.92 Å². The Labute approximate surface area is 112 Å². The maximum atomic E-state index is 12.8. The Kier molecular flexibility index (Phi) is 5.47. The molecule has 0 aliphatic carbocycles. The summed E-state index contributed by atoms with van der Waals surface area (Å²) < 4.78 is 18.3. The second kappa shape index (κ2) is 7.12. The zero-order chi connectivity index (χ0) is 12.8. The second-order valence-corrected chi connectivity index (χ2v) is 5.73. The van der Waals surface area contributed by atoms with E-state index >= 15 is 0 Å². The molecule has 2 unspecified atom stereocenters. The molecule has 0 saturated carbocycles. The Morgan fingerprint density at radius 3 is 2.83 bits per heavy atom. The molecule has 1 heterocycles. The van der Waals surface area contributed by atoms with E-state index in [1.165, 1.54) is 18.6 Å². The van der Waals surface area contributed by atoms with Crippen LogP contribution in [0.2, 0.25) is 0 Å². The first-order valence-electron chi connectivity index (χ1n) is 6.43. The lowest BCUT2D eigenvalue weighted by Gasteiger charge is -2.29. The Hall–Kier alpha value is -0.580. The van der Waals surface area contributed by atoms with Crippen LogP contribution < -0.4 is 5.32 Å². The van der Waals surface area contributed by atoms with E-state index in [4.69, 9.17) is 4.74 Å².